The van der Waals surface area contributed by atoms with Gasteiger partial charge in [-0.2, -0.15) is 0 Å². The van der Waals surface area contributed by atoms with E-state index >= 15 is 0 Å². The molecule has 3 N–H and O–H groups in total. The molecule has 0 aliphatic carbocycles. The molecule has 1 aromatic rings. The van der Waals surface area contributed by atoms with Crippen LogP contribution < -0.4 is 0 Å². The maximum absolute atomic E-state index is 12.8. The second kappa shape index (κ2) is 4.37. The summed E-state index contributed by atoms with van der Waals surface area (Å²) in [6.07, 6.45) is -3.58. The third-order valence-corrected chi connectivity index (χ3v) is 2.11. The molecule has 0 saturated heterocycles. The number of aliphatic carboxylic acids is 1. The van der Waals surface area contributed by atoms with Crippen molar-refractivity contribution < 1.29 is 24.5 Å². The molecule has 2 unspecified atom stereocenters. The first-order valence-corrected chi connectivity index (χ1v) is 4.28. The molecule has 82 valence electrons. The molecule has 0 saturated carbocycles. The molecular formula is C10H11FO4. The molecule has 2 atom stereocenters. The van der Waals surface area contributed by atoms with Crippen molar-refractivity contribution in [1.29, 1.82) is 0 Å². The fourth-order valence-electron chi connectivity index (χ4n) is 1.24. The molecule has 0 aliphatic heterocycles. The number of carboxylic acid groups (broad SMARTS) is 1. The molecule has 0 heterocycles. The van der Waals surface area contributed by atoms with E-state index in [0.717, 1.165) is 6.07 Å². The van der Waals surface area contributed by atoms with Crippen LogP contribution >= 0.6 is 0 Å². The van der Waals surface area contributed by atoms with Crippen molar-refractivity contribution in [3.8, 4) is 0 Å². The largest absolute Gasteiger partial charge is 0.479 e. The van der Waals surface area contributed by atoms with Gasteiger partial charge in [-0.3, -0.25) is 0 Å². The van der Waals surface area contributed by atoms with Crippen molar-refractivity contribution in [1.82, 2.24) is 0 Å². The molecule has 15 heavy (non-hydrogen) atoms. The van der Waals surface area contributed by atoms with Crippen LogP contribution in [0.5, 0.6) is 0 Å². The number of benzene rings is 1. The van der Waals surface area contributed by atoms with Crippen LogP contribution in [0.15, 0.2) is 18.2 Å². The molecule has 0 spiro atoms. The number of rotatable bonds is 3. The number of hydrogen-bond acceptors (Lipinski definition) is 3. The normalized spacial score (nSPS) is 14.7. The van der Waals surface area contributed by atoms with Crippen molar-refractivity contribution in [3.05, 3.63) is 35.1 Å². The summed E-state index contributed by atoms with van der Waals surface area (Å²) in [6.45, 7) is 1.59. The Balaban J connectivity index is 3.04. The molecule has 0 radical (unpaired) electrons. The maximum Gasteiger partial charge on any atom is 0.335 e. The van der Waals surface area contributed by atoms with Crippen LogP contribution in [0.1, 0.15) is 17.2 Å². The lowest BCUT2D eigenvalue weighted by Crippen LogP contribution is -2.28. The molecule has 0 aromatic heterocycles. The van der Waals surface area contributed by atoms with E-state index in [0.29, 0.717) is 5.56 Å². The molecule has 1 rings (SSSR count). The lowest BCUT2D eigenvalue weighted by atomic mass is 9.99. The molecule has 4 nitrogen and oxygen atoms in total. The lowest BCUT2D eigenvalue weighted by Gasteiger charge is -2.16. The Kier molecular flexibility index (Phi) is 3.39. The number of hydrogen-bond donors (Lipinski definition) is 3. The van der Waals surface area contributed by atoms with Gasteiger partial charge in [0.05, 0.1) is 0 Å². The van der Waals surface area contributed by atoms with Gasteiger partial charge in [0.25, 0.3) is 0 Å². The molecular weight excluding hydrogens is 203 g/mol. The minimum atomic E-state index is -1.95. The summed E-state index contributed by atoms with van der Waals surface area (Å²) in [6, 6.07) is 3.60. The second-order valence-electron chi connectivity index (χ2n) is 3.23. The highest BCUT2D eigenvalue weighted by Gasteiger charge is 2.26. The zero-order chi connectivity index (χ0) is 11.6. The zero-order valence-corrected chi connectivity index (χ0v) is 8.01. The van der Waals surface area contributed by atoms with E-state index in [1.807, 2.05) is 0 Å². The lowest BCUT2D eigenvalue weighted by molar-refractivity contribution is -0.153. The van der Waals surface area contributed by atoms with Crippen molar-refractivity contribution in [2.45, 2.75) is 19.1 Å². The molecule has 0 bridgehead atoms. The highest BCUT2D eigenvalue weighted by molar-refractivity contribution is 5.73. The minimum Gasteiger partial charge on any atom is -0.479 e. The molecule has 0 fully saturated rings. The van der Waals surface area contributed by atoms with Gasteiger partial charge in [-0.1, -0.05) is 6.07 Å². The molecule has 0 aliphatic rings. The van der Waals surface area contributed by atoms with Gasteiger partial charge >= 0.3 is 5.97 Å². The van der Waals surface area contributed by atoms with Gasteiger partial charge in [-0.15, -0.1) is 0 Å². The fraction of sp³-hybridized carbons (Fsp3) is 0.300. The Morgan fingerprint density at radius 3 is 2.53 bits per heavy atom. The smallest absolute Gasteiger partial charge is 0.335 e. The van der Waals surface area contributed by atoms with Crippen LogP contribution in [0.25, 0.3) is 0 Å². The monoisotopic (exact) mass is 214 g/mol. The van der Waals surface area contributed by atoms with Crippen molar-refractivity contribution in [2.24, 2.45) is 0 Å². The topological polar surface area (TPSA) is 77.8 Å². The Hall–Kier alpha value is -1.46. The SMILES string of the molecule is Cc1ccc(F)cc1C(O)C(O)C(=O)O. The van der Waals surface area contributed by atoms with Gasteiger partial charge in [0.1, 0.15) is 11.9 Å². The van der Waals surface area contributed by atoms with Gasteiger partial charge in [0.15, 0.2) is 6.10 Å². The van der Waals surface area contributed by atoms with Crippen molar-refractivity contribution in [2.75, 3.05) is 0 Å². The fourth-order valence-corrected chi connectivity index (χ4v) is 1.24. The average Bonchev–Trinajstić information content (AvgIpc) is 2.19. The summed E-state index contributed by atoms with van der Waals surface area (Å²) < 4.78 is 12.8. The first-order valence-electron chi connectivity index (χ1n) is 4.28. The van der Waals surface area contributed by atoms with Gasteiger partial charge in [0.2, 0.25) is 0 Å². The summed E-state index contributed by atoms with van der Waals surface area (Å²) in [5.74, 6) is -2.14. The number of aliphatic hydroxyl groups is 2. The third kappa shape index (κ3) is 2.51. The Morgan fingerprint density at radius 2 is 2.00 bits per heavy atom. The number of carboxylic acids is 1. The van der Waals surface area contributed by atoms with E-state index in [4.69, 9.17) is 10.2 Å². The van der Waals surface area contributed by atoms with Crippen LogP contribution in [-0.4, -0.2) is 27.4 Å². The van der Waals surface area contributed by atoms with E-state index in [2.05, 4.69) is 0 Å². The number of carbonyl (C=O) groups is 1. The van der Waals surface area contributed by atoms with E-state index in [-0.39, 0.29) is 5.56 Å². The summed E-state index contributed by atoms with van der Waals surface area (Å²) in [5.41, 5.74) is 0.592. The highest BCUT2D eigenvalue weighted by atomic mass is 19.1. The number of aliphatic hydroxyl groups excluding tert-OH is 2. The number of aryl methyl sites for hydroxylation is 1. The van der Waals surface area contributed by atoms with E-state index in [1.54, 1.807) is 6.92 Å². The van der Waals surface area contributed by atoms with Crippen molar-refractivity contribution >= 4 is 5.97 Å². The highest BCUT2D eigenvalue weighted by Crippen LogP contribution is 2.21. The van der Waals surface area contributed by atoms with E-state index < -0.39 is 24.0 Å². The predicted octanol–water partition coefficient (Wildman–Crippen LogP) is 0.613. The molecule has 0 amide bonds. The Bertz CT molecular complexity index is 378. The van der Waals surface area contributed by atoms with Gasteiger partial charge in [-0.05, 0) is 30.2 Å². The van der Waals surface area contributed by atoms with Gasteiger partial charge < -0.3 is 15.3 Å². The third-order valence-electron chi connectivity index (χ3n) is 2.11. The first-order chi connectivity index (χ1) is 6.93. The van der Waals surface area contributed by atoms with Crippen LogP contribution in [0.3, 0.4) is 0 Å². The summed E-state index contributed by atoms with van der Waals surface area (Å²) in [5, 5.41) is 27.0. The number of halogens is 1. The van der Waals surface area contributed by atoms with Crippen LogP contribution in [0.2, 0.25) is 0 Å². The summed E-state index contributed by atoms with van der Waals surface area (Å²) in [4.78, 5) is 10.4. The van der Waals surface area contributed by atoms with Gasteiger partial charge in [-0.25, -0.2) is 9.18 Å². The quantitative estimate of drug-likeness (QED) is 0.689. The molecule has 1 aromatic carbocycles. The summed E-state index contributed by atoms with van der Waals surface area (Å²) in [7, 11) is 0. The van der Waals surface area contributed by atoms with Crippen LogP contribution in [0.4, 0.5) is 4.39 Å². The van der Waals surface area contributed by atoms with Crippen LogP contribution in [-0.2, 0) is 4.79 Å². The first kappa shape index (κ1) is 11.6. The molecule has 5 heteroatoms. The maximum atomic E-state index is 12.8. The van der Waals surface area contributed by atoms with E-state index in [1.165, 1.54) is 12.1 Å². The van der Waals surface area contributed by atoms with E-state index in [9.17, 15) is 14.3 Å². The Labute approximate surface area is 85.6 Å². The van der Waals surface area contributed by atoms with Crippen molar-refractivity contribution in [3.63, 3.8) is 0 Å². The Morgan fingerprint density at radius 1 is 1.40 bits per heavy atom. The minimum absolute atomic E-state index is 0.0740. The van der Waals surface area contributed by atoms with Gasteiger partial charge in [0, 0.05) is 0 Å². The standard InChI is InChI=1S/C10H11FO4/c1-5-2-3-6(11)4-7(5)8(12)9(13)10(14)15/h2-4,8-9,12-13H,1H3,(H,14,15). The zero-order valence-electron chi connectivity index (χ0n) is 8.01. The average molecular weight is 214 g/mol. The predicted molar refractivity (Wildman–Crippen MR) is 49.7 cm³/mol. The second-order valence-corrected chi connectivity index (χ2v) is 3.23. The summed E-state index contributed by atoms with van der Waals surface area (Å²) >= 11 is 0. The van der Waals surface area contributed by atoms with Crippen LogP contribution in [0, 0.1) is 12.7 Å².